The van der Waals surface area contributed by atoms with E-state index in [9.17, 15) is 4.79 Å². The summed E-state index contributed by atoms with van der Waals surface area (Å²) in [7, 11) is 0. The fourth-order valence-electron chi connectivity index (χ4n) is 1.98. The van der Waals surface area contributed by atoms with Crippen LogP contribution in [-0.4, -0.2) is 45.6 Å². The van der Waals surface area contributed by atoms with Crippen LogP contribution in [0.3, 0.4) is 0 Å². The van der Waals surface area contributed by atoms with E-state index in [1.54, 1.807) is 4.90 Å². The predicted octanol–water partition coefficient (Wildman–Crippen LogP) is 1.59. The Balaban J connectivity index is 2.81. The summed E-state index contributed by atoms with van der Waals surface area (Å²) in [4.78, 5) is 18.6. The first-order chi connectivity index (χ1) is 9.43. The van der Waals surface area contributed by atoms with Crippen LogP contribution in [0.2, 0.25) is 0 Å². The molecule has 0 atom stereocenters. The van der Waals surface area contributed by atoms with Crippen molar-refractivity contribution < 1.29 is 4.79 Å². The smallest absolute Gasteiger partial charge is 0.293 e. The fourth-order valence-corrected chi connectivity index (χ4v) is 1.98. The number of aryl methyl sites for hydroxylation is 1. The van der Waals surface area contributed by atoms with Crippen LogP contribution in [0.25, 0.3) is 0 Å². The molecule has 114 valence electrons. The van der Waals surface area contributed by atoms with E-state index in [4.69, 9.17) is 5.73 Å². The van der Waals surface area contributed by atoms with Gasteiger partial charge in [-0.05, 0) is 24.8 Å². The van der Waals surface area contributed by atoms with Crippen LogP contribution in [-0.2, 0) is 6.42 Å². The Bertz CT molecular complexity index is 427. The number of aromatic nitrogens is 3. The van der Waals surface area contributed by atoms with Crippen LogP contribution in [0.4, 0.5) is 0 Å². The van der Waals surface area contributed by atoms with Gasteiger partial charge in [-0.1, -0.05) is 27.7 Å². The molecule has 1 aromatic heterocycles. The number of nitrogens with zero attached hydrogens (tertiary/aromatic N) is 3. The number of hydrogen-bond donors (Lipinski definition) is 2. The number of carbonyl (C=O) groups is 1. The summed E-state index contributed by atoms with van der Waals surface area (Å²) in [6.07, 6.45) is 2.68. The molecule has 1 rings (SSSR count). The molecule has 3 N–H and O–H groups in total. The number of nitrogens with two attached hydrogens (primary N) is 1. The third-order valence-corrected chi connectivity index (χ3v) is 3.16. The van der Waals surface area contributed by atoms with Crippen molar-refractivity contribution in [3.8, 4) is 0 Å². The Morgan fingerprint density at radius 3 is 2.60 bits per heavy atom. The average molecular weight is 281 g/mol. The predicted molar refractivity (Wildman–Crippen MR) is 79.4 cm³/mol. The van der Waals surface area contributed by atoms with Crippen molar-refractivity contribution >= 4 is 5.91 Å². The van der Waals surface area contributed by atoms with Crippen LogP contribution in [0.15, 0.2) is 0 Å². The van der Waals surface area contributed by atoms with Gasteiger partial charge >= 0.3 is 0 Å². The number of carbonyl (C=O) groups excluding carboxylic acids is 1. The lowest BCUT2D eigenvalue weighted by atomic mass is 9.93. The van der Waals surface area contributed by atoms with Gasteiger partial charge < -0.3 is 10.6 Å². The summed E-state index contributed by atoms with van der Waals surface area (Å²) in [6.45, 7) is 10.1. The SMILES string of the molecule is CCCc1nc(C(=O)N(CCC)CC(C)(C)CN)n[nH]1. The van der Waals surface area contributed by atoms with Gasteiger partial charge in [-0.2, -0.15) is 0 Å². The molecular formula is C14H27N5O. The third-order valence-electron chi connectivity index (χ3n) is 3.16. The van der Waals surface area contributed by atoms with Gasteiger partial charge in [0.25, 0.3) is 5.91 Å². The van der Waals surface area contributed by atoms with Crippen molar-refractivity contribution in [2.75, 3.05) is 19.6 Å². The number of aromatic amines is 1. The summed E-state index contributed by atoms with van der Waals surface area (Å²) < 4.78 is 0. The van der Waals surface area contributed by atoms with E-state index in [1.807, 2.05) is 0 Å². The highest BCUT2D eigenvalue weighted by Crippen LogP contribution is 2.16. The van der Waals surface area contributed by atoms with Crippen molar-refractivity contribution in [1.82, 2.24) is 20.1 Å². The highest BCUT2D eigenvalue weighted by Gasteiger charge is 2.26. The zero-order valence-electron chi connectivity index (χ0n) is 13.1. The second-order valence-electron chi connectivity index (χ2n) is 5.95. The molecule has 0 saturated carbocycles. The summed E-state index contributed by atoms with van der Waals surface area (Å²) in [6, 6.07) is 0. The maximum atomic E-state index is 12.5. The monoisotopic (exact) mass is 281 g/mol. The fraction of sp³-hybridized carbons (Fsp3) is 0.786. The van der Waals surface area contributed by atoms with Crippen molar-refractivity contribution in [3.05, 3.63) is 11.6 Å². The lowest BCUT2D eigenvalue weighted by molar-refractivity contribution is 0.0677. The van der Waals surface area contributed by atoms with Crippen LogP contribution >= 0.6 is 0 Å². The summed E-state index contributed by atoms with van der Waals surface area (Å²) in [5, 5.41) is 6.86. The van der Waals surface area contributed by atoms with Crippen LogP contribution in [0.1, 0.15) is 57.0 Å². The molecule has 1 amide bonds. The number of nitrogens with one attached hydrogen (secondary N) is 1. The van der Waals surface area contributed by atoms with E-state index < -0.39 is 0 Å². The third kappa shape index (κ3) is 4.59. The minimum absolute atomic E-state index is 0.104. The number of H-pyrrole nitrogens is 1. The molecule has 6 nitrogen and oxygen atoms in total. The van der Waals surface area contributed by atoms with E-state index in [2.05, 4.69) is 42.9 Å². The first kappa shape index (κ1) is 16.6. The molecule has 1 aromatic rings. The summed E-state index contributed by atoms with van der Waals surface area (Å²) in [5.41, 5.74) is 5.65. The molecule has 0 aromatic carbocycles. The van der Waals surface area contributed by atoms with Crippen LogP contribution in [0.5, 0.6) is 0 Å². The molecule has 0 fully saturated rings. The lowest BCUT2D eigenvalue weighted by Gasteiger charge is -2.31. The van der Waals surface area contributed by atoms with Gasteiger partial charge in [0.2, 0.25) is 5.82 Å². The van der Waals surface area contributed by atoms with Crippen LogP contribution in [0, 0.1) is 5.41 Å². The highest BCUT2D eigenvalue weighted by molar-refractivity contribution is 5.90. The molecular weight excluding hydrogens is 254 g/mol. The molecule has 0 spiro atoms. The molecule has 0 saturated heterocycles. The molecule has 0 radical (unpaired) electrons. The van der Waals surface area contributed by atoms with Gasteiger partial charge in [-0.3, -0.25) is 9.89 Å². The highest BCUT2D eigenvalue weighted by atomic mass is 16.2. The minimum Gasteiger partial charge on any atom is -0.335 e. The first-order valence-corrected chi connectivity index (χ1v) is 7.34. The van der Waals surface area contributed by atoms with Gasteiger partial charge in [-0.15, -0.1) is 5.10 Å². The quantitative estimate of drug-likeness (QED) is 0.757. The maximum absolute atomic E-state index is 12.5. The Morgan fingerprint density at radius 2 is 2.05 bits per heavy atom. The van der Waals surface area contributed by atoms with Gasteiger partial charge in [0.05, 0.1) is 0 Å². The zero-order valence-corrected chi connectivity index (χ0v) is 13.1. The second kappa shape index (κ2) is 7.38. The molecule has 0 aliphatic heterocycles. The van der Waals surface area contributed by atoms with E-state index in [-0.39, 0.29) is 17.1 Å². The van der Waals surface area contributed by atoms with Crippen molar-refractivity contribution in [1.29, 1.82) is 0 Å². The van der Waals surface area contributed by atoms with E-state index >= 15 is 0 Å². The molecule has 0 aliphatic rings. The van der Waals surface area contributed by atoms with Gasteiger partial charge in [0.15, 0.2) is 0 Å². The molecule has 1 heterocycles. The van der Waals surface area contributed by atoms with Gasteiger partial charge in [-0.25, -0.2) is 4.98 Å². The molecule has 0 bridgehead atoms. The first-order valence-electron chi connectivity index (χ1n) is 7.34. The molecule has 6 heteroatoms. The zero-order chi connectivity index (χ0) is 15.2. The maximum Gasteiger partial charge on any atom is 0.293 e. The summed E-state index contributed by atoms with van der Waals surface area (Å²) >= 11 is 0. The average Bonchev–Trinajstić information content (AvgIpc) is 2.86. The topological polar surface area (TPSA) is 87.9 Å². The molecule has 0 unspecified atom stereocenters. The van der Waals surface area contributed by atoms with Gasteiger partial charge in [0, 0.05) is 19.5 Å². The molecule has 0 aliphatic carbocycles. The van der Waals surface area contributed by atoms with Crippen molar-refractivity contribution in [3.63, 3.8) is 0 Å². The minimum atomic E-state index is -0.119. The Morgan fingerprint density at radius 1 is 1.35 bits per heavy atom. The second-order valence-corrected chi connectivity index (χ2v) is 5.95. The Hall–Kier alpha value is -1.43. The normalized spacial score (nSPS) is 11.7. The van der Waals surface area contributed by atoms with Crippen molar-refractivity contribution in [2.45, 2.75) is 47.0 Å². The van der Waals surface area contributed by atoms with E-state index in [0.717, 1.165) is 25.1 Å². The standard InChI is InChI=1S/C14H27N5O/c1-5-7-11-16-12(18-17-11)13(20)19(8-6-2)10-14(3,4)9-15/h5-10,15H2,1-4H3,(H,16,17,18). The number of amides is 1. The summed E-state index contributed by atoms with van der Waals surface area (Å²) in [5.74, 6) is 0.909. The Labute approximate surface area is 121 Å². The van der Waals surface area contributed by atoms with E-state index in [0.29, 0.717) is 19.6 Å². The van der Waals surface area contributed by atoms with E-state index in [1.165, 1.54) is 0 Å². The molecule has 20 heavy (non-hydrogen) atoms. The largest absolute Gasteiger partial charge is 0.335 e. The Kier molecular flexibility index (Phi) is 6.13. The van der Waals surface area contributed by atoms with Gasteiger partial charge in [0.1, 0.15) is 5.82 Å². The number of rotatable bonds is 8. The van der Waals surface area contributed by atoms with Crippen molar-refractivity contribution in [2.24, 2.45) is 11.1 Å². The van der Waals surface area contributed by atoms with Crippen LogP contribution < -0.4 is 5.73 Å². The lowest BCUT2D eigenvalue weighted by Crippen LogP contribution is -2.42. The number of hydrogen-bond acceptors (Lipinski definition) is 4.